The van der Waals surface area contributed by atoms with Crippen LogP contribution in [-0.2, 0) is 36.5 Å². The fourth-order valence-electron chi connectivity index (χ4n) is 4.18. The highest BCUT2D eigenvalue weighted by atomic mass is 35.5. The van der Waals surface area contributed by atoms with Crippen molar-refractivity contribution < 1.29 is 12.8 Å². The van der Waals surface area contributed by atoms with Crippen LogP contribution in [0, 0.1) is 5.82 Å². The van der Waals surface area contributed by atoms with Gasteiger partial charge in [-0.25, -0.2) is 22.5 Å². The van der Waals surface area contributed by atoms with Gasteiger partial charge in [-0.15, -0.1) is 0 Å². The molecule has 0 saturated carbocycles. The Morgan fingerprint density at radius 1 is 1.29 bits per heavy atom. The number of benzene rings is 2. The normalized spacial score (nSPS) is 18.3. The minimum absolute atomic E-state index is 0.0920. The first-order chi connectivity index (χ1) is 14.8. The predicted octanol–water partition coefficient (Wildman–Crippen LogP) is 3.16. The number of fused-ring (bicyclic) bond motifs is 1. The summed E-state index contributed by atoms with van der Waals surface area (Å²) in [7, 11) is -0.239. The lowest BCUT2D eigenvalue weighted by atomic mass is 9.90. The molecule has 9 heteroatoms. The summed E-state index contributed by atoms with van der Waals surface area (Å²) in [6.45, 7) is -0.147. The van der Waals surface area contributed by atoms with Crippen molar-refractivity contribution in [3.05, 3.63) is 82.0 Å². The lowest BCUT2D eigenvalue weighted by molar-refractivity contribution is 0.492. The van der Waals surface area contributed by atoms with Gasteiger partial charge in [0.1, 0.15) is 5.82 Å². The lowest BCUT2D eigenvalue weighted by Gasteiger charge is -2.21. The lowest BCUT2D eigenvalue weighted by Crippen LogP contribution is -2.30. The Morgan fingerprint density at radius 2 is 2.10 bits per heavy atom. The quantitative estimate of drug-likeness (QED) is 0.565. The monoisotopic (exact) mass is 462 g/mol. The SMILES string of the molecule is CNC1Cc2cc(F)c(CNS(=O)(=O)c3cn(C)cn3)cc2C1Cc1cccc(Cl)c1. The summed E-state index contributed by atoms with van der Waals surface area (Å²) < 4.78 is 43.7. The molecule has 31 heavy (non-hydrogen) atoms. The summed E-state index contributed by atoms with van der Waals surface area (Å²) in [5.74, 6) is -0.286. The maximum Gasteiger partial charge on any atom is 0.259 e. The van der Waals surface area contributed by atoms with Crippen molar-refractivity contribution in [2.45, 2.75) is 36.4 Å². The average molecular weight is 463 g/mol. The number of sulfonamides is 1. The molecule has 0 bridgehead atoms. The Labute approximate surface area is 186 Å². The van der Waals surface area contributed by atoms with E-state index in [1.807, 2.05) is 31.3 Å². The zero-order valence-corrected chi connectivity index (χ0v) is 18.8. The first kappa shape index (κ1) is 22.0. The molecule has 1 aliphatic rings. The Hall–Kier alpha value is -2.26. The van der Waals surface area contributed by atoms with Crippen LogP contribution in [0.3, 0.4) is 0 Å². The van der Waals surface area contributed by atoms with Gasteiger partial charge in [-0.2, -0.15) is 0 Å². The molecule has 1 heterocycles. The van der Waals surface area contributed by atoms with Crippen LogP contribution in [0.2, 0.25) is 5.02 Å². The second-order valence-corrected chi connectivity index (χ2v) is 10.0. The predicted molar refractivity (Wildman–Crippen MR) is 118 cm³/mol. The van der Waals surface area contributed by atoms with E-state index in [-0.39, 0.29) is 23.5 Å². The molecule has 0 fully saturated rings. The first-order valence-corrected chi connectivity index (χ1v) is 11.8. The van der Waals surface area contributed by atoms with E-state index in [4.69, 9.17) is 11.6 Å². The molecular weight excluding hydrogens is 439 g/mol. The van der Waals surface area contributed by atoms with Crippen LogP contribution in [0.1, 0.15) is 28.2 Å². The summed E-state index contributed by atoms with van der Waals surface area (Å²) in [5.41, 5.74) is 3.39. The zero-order valence-electron chi connectivity index (χ0n) is 17.3. The van der Waals surface area contributed by atoms with Crippen molar-refractivity contribution in [2.24, 2.45) is 7.05 Å². The molecule has 0 amide bonds. The molecule has 2 atom stereocenters. The molecule has 3 aromatic rings. The largest absolute Gasteiger partial charge is 0.339 e. The van der Waals surface area contributed by atoms with Gasteiger partial charge in [-0.05, 0) is 54.8 Å². The highest BCUT2D eigenvalue weighted by Crippen LogP contribution is 2.37. The molecule has 0 radical (unpaired) electrons. The van der Waals surface area contributed by atoms with Crippen molar-refractivity contribution in [1.82, 2.24) is 19.6 Å². The fourth-order valence-corrected chi connectivity index (χ4v) is 5.38. The second-order valence-electron chi connectivity index (χ2n) is 7.88. The van der Waals surface area contributed by atoms with Gasteiger partial charge in [0.05, 0.1) is 6.33 Å². The Morgan fingerprint density at radius 3 is 2.77 bits per heavy atom. The number of nitrogens with one attached hydrogen (secondary N) is 2. The van der Waals surface area contributed by atoms with Crippen LogP contribution in [0.4, 0.5) is 4.39 Å². The standard InChI is InChI=1S/C22H24ClFN4O2S/c1-25-21-10-15-9-20(24)16(11-27-31(29,30)22-12-28(2)13-26-22)8-18(15)19(21)7-14-4-3-5-17(23)6-14/h3-6,8-9,12-13,19,21,25,27H,7,10-11H2,1-2H3. The number of halogens is 2. The van der Waals surface area contributed by atoms with E-state index in [0.29, 0.717) is 17.0 Å². The topological polar surface area (TPSA) is 76.0 Å². The molecule has 0 aliphatic heterocycles. The molecule has 1 aromatic heterocycles. The summed E-state index contributed by atoms with van der Waals surface area (Å²) in [6.07, 6.45) is 4.28. The number of aromatic nitrogens is 2. The van der Waals surface area contributed by atoms with Crippen LogP contribution >= 0.6 is 11.6 Å². The summed E-state index contributed by atoms with van der Waals surface area (Å²) in [4.78, 5) is 3.87. The van der Waals surface area contributed by atoms with Gasteiger partial charge in [0.25, 0.3) is 10.0 Å². The third-order valence-corrected chi connectivity index (χ3v) is 7.28. The first-order valence-electron chi connectivity index (χ1n) is 9.97. The number of rotatable bonds is 7. The fraction of sp³-hybridized carbons (Fsp3) is 0.318. The third-order valence-electron chi connectivity index (χ3n) is 5.76. The van der Waals surface area contributed by atoms with Crippen LogP contribution in [0.25, 0.3) is 0 Å². The number of hydrogen-bond acceptors (Lipinski definition) is 4. The zero-order chi connectivity index (χ0) is 22.2. The van der Waals surface area contributed by atoms with Gasteiger partial charge in [-0.3, -0.25) is 0 Å². The van der Waals surface area contributed by atoms with Crippen LogP contribution in [0.15, 0.2) is 53.9 Å². The van der Waals surface area contributed by atoms with E-state index < -0.39 is 15.8 Å². The maximum absolute atomic E-state index is 14.8. The van der Waals surface area contributed by atoms with E-state index >= 15 is 0 Å². The van der Waals surface area contributed by atoms with Gasteiger partial charge in [0, 0.05) is 42.3 Å². The van der Waals surface area contributed by atoms with Crippen LogP contribution in [-0.4, -0.2) is 31.1 Å². The maximum atomic E-state index is 14.8. The van der Waals surface area contributed by atoms with Crippen molar-refractivity contribution in [3.8, 4) is 0 Å². The van der Waals surface area contributed by atoms with Crippen molar-refractivity contribution in [1.29, 1.82) is 0 Å². The van der Waals surface area contributed by atoms with Crippen LogP contribution < -0.4 is 10.0 Å². The molecular formula is C22H24ClFN4O2S. The molecule has 2 unspecified atom stereocenters. The van der Waals surface area contributed by atoms with E-state index in [1.54, 1.807) is 17.7 Å². The Kier molecular flexibility index (Phi) is 6.16. The molecule has 1 aliphatic carbocycles. The summed E-state index contributed by atoms with van der Waals surface area (Å²) >= 11 is 6.15. The average Bonchev–Trinajstić information content (AvgIpc) is 3.30. The van der Waals surface area contributed by atoms with Gasteiger partial charge in [-0.1, -0.05) is 29.8 Å². The van der Waals surface area contributed by atoms with Gasteiger partial charge < -0.3 is 9.88 Å². The number of imidazole rings is 1. The number of nitrogens with zero attached hydrogens (tertiary/aromatic N) is 2. The summed E-state index contributed by atoms with van der Waals surface area (Å²) in [5, 5.41) is 3.93. The number of hydrogen-bond donors (Lipinski definition) is 2. The van der Waals surface area contributed by atoms with E-state index in [9.17, 15) is 12.8 Å². The smallest absolute Gasteiger partial charge is 0.259 e. The molecule has 4 rings (SSSR count). The van der Waals surface area contributed by atoms with Gasteiger partial charge in [0.15, 0.2) is 5.03 Å². The van der Waals surface area contributed by atoms with Crippen molar-refractivity contribution in [3.63, 3.8) is 0 Å². The highest BCUT2D eigenvalue weighted by Gasteiger charge is 2.33. The van der Waals surface area contributed by atoms with E-state index in [0.717, 1.165) is 23.1 Å². The van der Waals surface area contributed by atoms with Gasteiger partial charge >= 0.3 is 0 Å². The molecule has 164 valence electrons. The number of aryl methyl sites for hydroxylation is 1. The molecule has 0 saturated heterocycles. The second kappa shape index (κ2) is 8.70. The van der Waals surface area contributed by atoms with E-state index in [1.165, 1.54) is 18.6 Å². The van der Waals surface area contributed by atoms with Crippen molar-refractivity contribution in [2.75, 3.05) is 7.05 Å². The number of likely N-dealkylation sites (N-methyl/N-ethyl adjacent to an activating group) is 1. The third kappa shape index (κ3) is 4.67. The highest BCUT2D eigenvalue weighted by molar-refractivity contribution is 7.89. The molecule has 0 spiro atoms. The van der Waals surface area contributed by atoms with Gasteiger partial charge in [0.2, 0.25) is 0 Å². The van der Waals surface area contributed by atoms with Crippen LogP contribution in [0.5, 0.6) is 0 Å². The Balaban J connectivity index is 1.59. The molecule has 6 nitrogen and oxygen atoms in total. The summed E-state index contributed by atoms with van der Waals surface area (Å²) in [6, 6.07) is 11.2. The minimum Gasteiger partial charge on any atom is -0.339 e. The van der Waals surface area contributed by atoms with E-state index in [2.05, 4.69) is 15.0 Å². The molecule has 2 aromatic carbocycles. The minimum atomic E-state index is -3.83. The molecule has 2 N–H and O–H groups in total. The van der Waals surface area contributed by atoms with Crippen molar-refractivity contribution >= 4 is 21.6 Å². The Bertz CT molecular complexity index is 1210.